The minimum atomic E-state index is 0.142. The van der Waals surface area contributed by atoms with Gasteiger partial charge in [-0.2, -0.15) is 0 Å². The second-order valence-corrected chi connectivity index (χ2v) is 7.69. The molecule has 134 valence electrons. The summed E-state index contributed by atoms with van der Waals surface area (Å²) in [6, 6.07) is 28.2. The summed E-state index contributed by atoms with van der Waals surface area (Å²) in [4.78, 5) is 0. The maximum absolute atomic E-state index is 6.12. The molecular weight excluding hydrogens is 328 g/mol. The molecule has 2 heteroatoms. The van der Waals surface area contributed by atoms with Crippen LogP contribution in [0.1, 0.15) is 30.0 Å². The Kier molecular flexibility index (Phi) is 4.06. The molecule has 0 saturated heterocycles. The summed E-state index contributed by atoms with van der Waals surface area (Å²) in [7, 11) is 0. The fourth-order valence-electron chi connectivity index (χ4n) is 4.07. The van der Waals surface area contributed by atoms with Crippen molar-refractivity contribution in [2.75, 3.05) is 12.3 Å². The van der Waals surface area contributed by atoms with Crippen LogP contribution in [0.3, 0.4) is 0 Å². The molecule has 2 nitrogen and oxygen atoms in total. The van der Waals surface area contributed by atoms with Crippen molar-refractivity contribution in [3.63, 3.8) is 0 Å². The van der Waals surface area contributed by atoms with Crippen LogP contribution >= 0.6 is 0 Å². The van der Waals surface area contributed by atoms with E-state index in [1.165, 1.54) is 45.5 Å². The van der Waals surface area contributed by atoms with E-state index in [0.717, 1.165) is 18.2 Å². The Labute approximate surface area is 160 Å². The Balaban J connectivity index is 1.72. The van der Waals surface area contributed by atoms with Crippen molar-refractivity contribution in [1.82, 2.24) is 5.32 Å². The summed E-state index contributed by atoms with van der Waals surface area (Å²) >= 11 is 0. The van der Waals surface area contributed by atoms with Crippen molar-refractivity contribution in [3.8, 4) is 0 Å². The van der Waals surface area contributed by atoms with Crippen LogP contribution in [-0.2, 0) is 0 Å². The Bertz CT molecular complexity index is 1110. The largest absolute Gasteiger partial charge is 0.399 e. The number of benzene rings is 4. The third-order valence-electron chi connectivity index (χ3n) is 5.66. The van der Waals surface area contributed by atoms with Crippen molar-refractivity contribution in [2.45, 2.75) is 18.9 Å². The maximum Gasteiger partial charge on any atom is 0.0583 e. The van der Waals surface area contributed by atoms with Crippen LogP contribution in [0.25, 0.3) is 21.5 Å². The fourth-order valence-corrected chi connectivity index (χ4v) is 4.07. The molecule has 27 heavy (non-hydrogen) atoms. The highest BCUT2D eigenvalue weighted by molar-refractivity contribution is 6.09. The molecule has 1 aliphatic rings. The molecule has 3 N–H and O–H groups in total. The van der Waals surface area contributed by atoms with Crippen LogP contribution in [0, 0.1) is 5.92 Å². The van der Waals surface area contributed by atoms with Gasteiger partial charge in [0.2, 0.25) is 0 Å². The first-order chi connectivity index (χ1) is 13.3. The zero-order valence-corrected chi connectivity index (χ0v) is 15.4. The molecule has 4 aromatic rings. The Morgan fingerprint density at radius 1 is 0.815 bits per heavy atom. The van der Waals surface area contributed by atoms with Gasteiger partial charge in [-0.3, -0.25) is 0 Å². The van der Waals surface area contributed by atoms with Gasteiger partial charge in [0, 0.05) is 5.69 Å². The molecule has 1 unspecified atom stereocenters. The average molecular weight is 352 g/mol. The fraction of sp³-hybridized carbons (Fsp3) is 0.200. The summed E-state index contributed by atoms with van der Waals surface area (Å²) in [5.74, 6) is 0.820. The highest BCUT2D eigenvalue weighted by Crippen LogP contribution is 2.36. The molecule has 4 aromatic carbocycles. The van der Waals surface area contributed by atoms with E-state index >= 15 is 0 Å². The summed E-state index contributed by atoms with van der Waals surface area (Å²) in [5, 5.41) is 9.06. The van der Waals surface area contributed by atoms with Gasteiger partial charge in [0.1, 0.15) is 0 Å². The van der Waals surface area contributed by atoms with Crippen LogP contribution in [0.5, 0.6) is 0 Å². The molecule has 0 bridgehead atoms. The monoisotopic (exact) mass is 352 g/mol. The molecule has 0 heterocycles. The lowest BCUT2D eigenvalue weighted by Crippen LogP contribution is -2.25. The topological polar surface area (TPSA) is 38.0 Å². The number of fused-ring (bicyclic) bond motifs is 3. The number of hydrogen-bond acceptors (Lipinski definition) is 2. The number of nitrogens with two attached hydrogens (primary N) is 1. The van der Waals surface area contributed by atoms with Crippen molar-refractivity contribution >= 4 is 27.2 Å². The molecule has 1 saturated carbocycles. The normalized spacial score (nSPS) is 15.3. The van der Waals surface area contributed by atoms with Crippen LogP contribution < -0.4 is 11.1 Å². The third-order valence-corrected chi connectivity index (χ3v) is 5.66. The van der Waals surface area contributed by atoms with Crippen molar-refractivity contribution in [3.05, 3.63) is 90.0 Å². The van der Waals surface area contributed by atoms with E-state index in [9.17, 15) is 0 Å². The van der Waals surface area contributed by atoms with E-state index < -0.39 is 0 Å². The van der Waals surface area contributed by atoms with Crippen molar-refractivity contribution in [2.24, 2.45) is 5.92 Å². The molecule has 0 amide bonds. The Hall–Kier alpha value is -2.84. The van der Waals surface area contributed by atoms with Gasteiger partial charge in [-0.15, -0.1) is 0 Å². The molecule has 0 spiro atoms. The number of anilines is 1. The number of rotatable bonds is 5. The van der Waals surface area contributed by atoms with Crippen LogP contribution in [0.2, 0.25) is 0 Å². The first-order valence-corrected chi connectivity index (χ1v) is 9.79. The lowest BCUT2D eigenvalue weighted by molar-refractivity contribution is 0.576. The summed E-state index contributed by atoms with van der Waals surface area (Å²) in [5.41, 5.74) is 9.50. The maximum atomic E-state index is 6.12. The molecule has 1 atom stereocenters. The molecule has 1 fully saturated rings. The van der Waals surface area contributed by atoms with Gasteiger partial charge in [-0.1, -0.05) is 60.7 Å². The van der Waals surface area contributed by atoms with Gasteiger partial charge >= 0.3 is 0 Å². The molecule has 0 aliphatic heterocycles. The summed E-state index contributed by atoms with van der Waals surface area (Å²) in [6.45, 7) is 1.06. The standard InChI is InChI=1S/C25H24N2/c26-20-8-5-7-19(14-20)25(27-16-17-12-13-17)24-15-18-6-1-2-9-21(18)22-10-3-4-11-23(22)24/h1-11,14-15,17,25,27H,12-13,16,26H2. The summed E-state index contributed by atoms with van der Waals surface area (Å²) in [6.07, 6.45) is 2.68. The molecular formula is C25H24N2. The van der Waals surface area contributed by atoms with Crippen LogP contribution in [0.15, 0.2) is 78.9 Å². The highest BCUT2D eigenvalue weighted by Gasteiger charge is 2.24. The van der Waals surface area contributed by atoms with Gasteiger partial charge in [-0.25, -0.2) is 0 Å². The minimum Gasteiger partial charge on any atom is -0.399 e. The average Bonchev–Trinajstić information content (AvgIpc) is 3.53. The Morgan fingerprint density at radius 2 is 1.56 bits per heavy atom. The number of nitrogens with one attached hydrogen (secondary N) is 1. The molecule has 0 radical (unpaired) electrons. The Morgan fingerprint density at radius 3 is 2.33 bits per heavy atom. The first-order valence-electron chi connectivity index (χ1n) is 9.79. The smallest absolute Gasteiger partial charge is 0.0583 e. The zero-order chi connectivity index (χ0) is 18.2. The second kappa shape index (κ2) is 6.71. The van der Waals surface area contributed by atoms with E-state index in [-0.39, 0.29) is 6.04 Å². The first kappa shape index (κ1) is 16.3. The number of hydrogen-bond donors (Lipinski definition) is 2. The molecule has 5 rings (SSSR count). The van der Waals surface area contributed by atoms with Crippen LogP contribution in [-0.4, -0.2) is 6.54 Å². The van der Waals surface area contributed by atoms with Gasteiger partial charge in [0.05, 0.1) is 6.04 Å². The van der Waals surface area contributed by atoms with E-state index in [0.29, 0.717) is 0 Å². The van der Waals surface area contributed by atoms with E-state index in [1.807, 2.05) is 6.07 Å². The number of nitrogen functional groups attached to an aromatic ring is 1. The predicted octanol–water partition coefficient (Wildman–Crippen LogP) is 5.66. The second-order valence-electron chi connectivity index (χ2n) is 7.69. The van der Waals surface area contributed by atoms with Crippen molar-refractivity contribution in [1.29, 1.82) is 0 Å². The van der Waals surface area contributed by atoms with E-state index in [2.05, 4.69) is 78.1 Å². The van der Waals surface area contributed by atoms with Crippen molar-refractivity contribution < 1.29 is 0 Å². The van der Waals surface area contributed by atoms with E-state index in [1.54, 1.807) is 0 Å². The SMILES string of the molecule is Nc1cccc(C(NCC2CC2)c2cc3ccccc3c3ccccc23)c1. The van der Waals surface area contributed by atoms with Gasteiger partial charge in [0.25, 0.3) is 0 Å². The lowest BCUT2D eigenvalue weighted by atomic mass is 9.90. The quantitative estimate of drug-likeness (QED) is 0.359. The highest BCUT2D eigenvalue weighted by atomic mass is 14.9. The van der Waals surface area contributed by atoms with Crippen LogP contribution in [0.4, 0.5) is 5.69 Å². The third kappa shape index (κ3) is 3.17. The summed E-state index contributed by atoms with van der Waals surface area (Å²) < 4.78 is 0. The molecule has 0 aromatic heterocycles. The minimum absolute atomic E-state index is 0.142. The predicted molar refractivity (Wildman–Crippen MR) is 115 cm³/mol. The zero-order valence-electron chi connectivity index (χ0n) is 15.4. The van der Waals surface area contributed by atoms with Gasteiger partial charge < -0.3 is 11.1 Å². The lowest BCUT2D eigenvalue weighted by Gasteiger charge is -2.23. The van der Waals surface area contributed by atoms with Gasteiger partial charge in [0.15, 0.2) is 0 Å². The van der Waals surface area contributed by atoms with E-state index in [4.69, 9.17) is 5.73 Å². The van der Waals surface area contributed by atoms with Gasteiger partial charge in [-0.05, 0) is 76.2 Å². The molecule has 1 aliphatic carbocycles.